The Balaban J connectivity index is 1.67. The Labute approximate surface area is 194 Å². The van der Waals surface area contributed by atoms with Crippen molar-refractivity contribution in [2.24, 2.45) is 0 Å². The number of carbonyl (C=O) groups is 1. The number of nitrogens with one attached hydrogen (secondary N) is 2. The third-order valence-electron chi connectivity index (χ3n) is 4.54. The Bertz CT molecular complexity index is 1230. The summed E-state index contributed by atoms with van der Waals surface area (Å²) in [6.45, 7) is 7.67. The van der Waals surface area contributed by atoms with E-state index in [4.69, 9.17) is 29.6 Å². The van der Waals surface area contributed by atoms with Crippen molar-refractivity contribution < 1.29 is 22.8 Å². The molecule has 0 spiro atoms. The summed E-state index contributed by atoms with van der Waals surface area (Å²) < 4.78 is 22.4. The molecule has 4 aromatic heterocycles. The van der Waals surface area contributed by atoms with Crippen molar-refractivity contribution in [1.29, 1.82) is 0 Å². The number of carbonyl (C=O) groups excluding carboxylic acids is 1. The average Bonchev–Trinajstić information content (AvgIpc) is 3.45. The van der Waals surface area contributed by atoms with Crippen molar-refractivity contribution in [2.45, 2.75) is 52.3 Å². The van der Waals surface area contributed by atoms with Crippen LogP contribution in [0, 0.1) is 0 Å². The molecule has 174 valence electrons. The lowest BCUT2D eigenvalue weighted by atomic mass is 10.1. The zero-order valence-corrected chi connectivity index (χ0v) is 19.4. The van der Waals surface area contributed by atoms with Gasteiger partial charge in [0, 0.05) is 18.5 Å². The van der Waals surface area contributed by atoms with Gasteiger partial charge in [-0.1, -0.05) is 11.6 Å². The van der Waals surface area contributed by atoms with E-state index in [2.05, 4.69) is 25.8 Å². The number of alkyl carbamates (subject to hydrolysis) is 1. The molecule has 4 heterocycles. The minimum Gasteiger partial charge on any atom is -0.467 e. The van der Waals surface area contributed by atoms with Gasteiger partial charge in [0.2, 0.25) is 6.39 Å². The Morgan fingerprint density at radius 3 is 2.79 bits per heavy atom. The molecule has 0 aliphatic heterocycles. The topological polar surface area (TPSA) is 128 Å². The maximum Gasteiger partial charge on any atom is 0.407 e. The molecule has 11 heteroatoms. The number of ether oxygens (including phenoxy) is 1. The summed E-state index contributed by atoms with van der Waals surface area (Å²) in [4.78, 5) is 16.6. The summed E-state index contributed by atoms with van der Waals surface area (Å²) in [5.41, 5.74) is 1.48. The van der Waals surface area contributed by atoms with Crippen LogP contribution < -0.4 is 10.6 Å². The molecule has 4 rings (SSSR count). The van der Waals surface area contributed by atoms with Gasteiger partial charge < -0.3 is 28.6 Å². The Hall–Kier alpha value is -3.53. The van der Waals surface area contributed by atoms with Crippen LogP contribution in [0.2, 0.25) is 5.15 Å². The maximum atomic E-state index is 12.2. The van der Waals surface area contributed by atoms with E-state index in [0.717, 1.165) is 5.76 Å². The second kappa shape index (κ2) is 9.14. The summed E-state index contributed by atoms with van der Waals surface area (Å²) in [6, 6.07) is 5.01. The predicted octanol–water partition coefficient (Wildman–Crippen LogP) is 5.19. The monoisotopic (exact) mass is 473 g/mol. The molecule has 1 amide bonds. The van der Waals surface area contributed by atoms with E-state index in [1.807, 2.05) is 19.1 Å². The highest BCUT2D eigenvalue weighted by Crippen LogP contribution is 2.38. The Kier molecular flexibility index (Phi) is 6.28. The number of nitrogens with zero attached hydrogens (tertiary/aromatic N) is 3. The van der Waals surface area contributed by atoms with Crippen LogP contribution in [-0.2, 0) is 17.7 Å². The molecule has 0 unspecified atom stereocenters. The predicted molar refractivity (Wildman–Crippen MR) is 121 cm³/mol. The molecule has 1 atom stereocenters. The number of amides is 1. The molecule has 2 N–H and O–H groups in total. The molecule has 0 fully saturated rings. The molecule has 0 aliphatic carbocycles. The van der Waals surface area contributed by atoms with Crippen molar-refractivity contribution in [3.05, 3.63) is 47.5 Å². The molecule has 0 saturated heterocycles. The molecule has 4 aromatic rings. The number of hydrogen-bond donors (Lipinski definition) is 2. The number of hydrogen-bond acceptors (Lipinski definition) is 9. The first-order chi connectivity index (χ1) is 15.7. The van der Waals surface area contributed by atoms with Crippen molar-refractivity contribution in [3.8, 4) is 11.5 Å². The Morgan fingerprint density at radius 2 is 2.12 bits per heavy atom. The van der Waals surface area contributed by atoms with E-state index in [0.29, 0.717) is 41.1 Å². The summed E-state index contributed by atoms with van der Waals surface area (Å²) in [6.07, 6.45) is 2.63. The van der Waals surface area contributed by atoms with Crippen LogP contribution in [0.3, 0.4) is 0 Å². The van der Waals surface area contributed by atoms with E-state index < -0.39 is 11.7 Å². The minimum atomic E-state index is -0.604. The van der Waals surface area contributed by atoms with Gasteiger partial charge in [0.05, 0.1) is 18.5 Å². The first-order valence-corrected chi connectivity index (χ1v) is 10.7. The highest BCUT2D eigenvalue weighted by molar-refractivity contribution is 6.30. The molecular formula is C22H24ClN5O5. The van der Waals surface area contributed by atoms with Crippen LogP contribution in [0.1, 0.15) is 39.2 Å². The van der Waals surface area contributed by atoms with Crippen LogP contribution in [0.25, 0.3) is 22.6 Å². The molecule has 0 radical (unpaired) electrons. The lowest BCUT2D eigenvalue weighted by molar-refractivity contribution is 0.0507. The van der Waals surface area contributed by atoms with E-state index in [1.54, 1.807) is 33.1 Å². The number of fused-ring (bicyclic) bond motifs is 1. The van der Waals surface area contributed by atoms with Gasteiger partial charge in [-0.3, -0.25) is 0 Å². The zero-order valence-electron chi connectivity index (χ0n) is 18.6. The summed E-state index contributed by atoms with van der Waals surface area (Å²) in [5.74, 6) is 1.49. The van der Waals surface area contributed by atoms with Gasteiger partial charge in [0.15, 0.2) is 5.58 Å². The average molecular weight is 474 g/mol. The van der Waals surface area contributed by atoms with Crippen molar-refractivity contribution >= 4 is 34.5 Å². The van der Waals surface area contributed by atoms with Gasteiger partial charge in [-0.15, -0.1) is 10.2 Å². The number of anilines is 1. The van der Waals surface area contributed by atoms with Crippen LogP contribution in [0.5, 0.6) is 0 Å². The second-order valence-electron chi connectivity index (χ2n) is 8.50. The zero-order chi connectivity index (χ0) is 23.6. The lowest BCUT2D eigenvalue weighted by Crippen LogP contribution is -2.38. The first-order valence-electron chi connectivity index (χ1n) is 10.3. The Morgan fingerprint density at radius 1 is 1.30 bits per heavy atom. The fourth-order valence-corrected chi connectivity index (χ4v) is 3.49. The molecule has 0 bridgehead atoms. The minimum absolute atomic E-state index is 0.236. The molecule has 10 nitrogen and oxygen atoms in total. The molecule has 0 aliphatic rings. The fourth-order valence-electron chi connectivity index (χ4n) is 3.29. The molecule has 0 aromatic carbocycles. The standard InChI is InChI=1S/C22H24ClN5O5/c1-12(26-21(29)33-22(2,3)4)8-15-17(20-28-25-11-31-20)18-19(32-15)14(9-16(23)27-18)24-10-13-6-5-7-30-13/h5-7,9,11-12H,8,10H2,1-4H3,(H,24,27)(H,26,29)/t12-/m0/s1. The van der Waals surface area contributed by atoms with Gasteiger partial charge in [-0.25, -0.2) is 9.78 Å². The highest BCUT2D eigenvalue weighted by atomic mass is 35.5. The molecule has 33 heavy (non-hydrogen) atoms. The maximum absolute atomic E-state index is 12.2. The van der Waals surface area contributed by atoms with Crippen LogP contribution in [-0.4, -0.2) is 32.9 Å². The van der Waals surface area contributed by atoms with Crippen LogP contribution in [0.4, 0.5) is 10.5 Å². The largest absolute Gasteiger partial charge is 0.467 e. The van der Waals surface area contributed by atoms with Crippen LogP contribution >= 0.6 is 11.6 Å². The third kappa shape index (κ3) is 5.46. The van der Waals surface area contributed by atoms with Gasteiger partial charge in [0.1, 0.15) is 33.4 Å². The van der Waals surface area contributed by atoms with Gasteiger partial charge in [-0.2, -0.15) is 0 Å². The summed E-state index contributed by atoms with van der Waals surface area (Å²) >= 11 is 6.31. The first kappa shape index (κ1) is 22.7. The second-order valence-corrected chi connectivity index (χ2v) is 8.89. The number of rotatable bonds is 7. The smallest absolute Gasteiger partial charge is 0.407 e. The van der Waals surface area contributed by atoms with E-state index in [9.17, 15) is 4.79 Å². The molecule has 0 saturated carbocycles. The van der Waals surface area contributed by atoms with Crippen molar-refractivity contribution in [1.82, 2.24) is 20.5 Å². The SMILES string of the molecule is C[C@@H](Cc1oc2c(NCc3ccco3)cc(Cl)nc2c1-c1nnco1)NC(=O)OC(C)(C)C. The number of pyridine rings is 1. The van der Waals surface area contributed by atoms with Gasteiger partial charge >= 0.3 is 6.09 Å². The molecular weight excluding hydrogens is 450 g/mol. The van der Waals surface area contributed by atoms with Crippen molar-refractivity contribution in [3.63, 3.8) is 0 Å². The van der Waals surface area contributed by atoms with Crippen molar-refractivity contribution in [2.75, 3.05) is 5.32 Å². The fraction of sp³-hybridized carbons (Fsp3) is 0.364. The lowest BCUT2D eigenvalue weighted by Gasteiger charge is -2.21. The number of halogens is 1. The van der Waals surface area contributed by atoms with Gasteiger partial charge in [0.25, 0.3) is 5.89 Å². The normalized spacial score (nSPS) is 12.6. The number of aromatic nitrogens is 3. The number of furan rings is 2. The van der Waals surface area contributed by atoms with E-state index in [1.165, 1.54) is 6.39 Å². The van der Waals surface area contributed by atoms with Gasteiger partial charge in [-0.05, 0) is 39.8 Å². The third-order valence-corrected chi connectivity index (χ3v) is 4.74. The van der Waals surface area contributed by atoms with E-state index >= 15 is 0 Å². The summed E-state index contributed by atoms with van der Waals surface area (Å²) in [5, 5.41) is 14.1. The highest BCUT2D eigenvalue weighted by Gasteiger charge is 2.26. The quantitative estimate of drug-likeness (QED) is 0.348. The van der Waals surface area contributed by atoms with E-state index in [-0.39, 0.29) is 17.1 Å². The van der Waals surface area contributed by atoms with Crippen LogP contribution in [0.15, 0.2) is 44.1 Å². The summed E-state index contributed by atoms with van der Waals surface area (Å²) in [7, 11) is 0.